The van der Waals surface area contributed by atoms with Gasteiger partial charge in [0.1, 0.15) is 23.9 Å². The number of rotatable bonds is 7. The predicted molar refractivity (Wildman–Crippen MR) is 99.4 cm³/mol. The number of carboxylic acids is 1. The van der Waals surface area contributed by atoms with Gasteiger partial charge in [0.25, 0.3) is 0 Å². The van der Waals surface area contributed by atoms with E-state index in [0.29, 0.717) is 18.2 Å². The molecule has 0 aliphatic heterocycles. The summed E-state index contributed by atoms with van der Waals surface area (Å²) in [5.41, 5.74) is 5.65. The largest absolute Gasteiger partial charge is 0.492 e. The third-order valence-corrected chi connectivity index (χ3v) is 2.88. The quantitative estimate of drug-likeness (QED) is 0.702. The van der Waals surface area contributed by atoms with Crippen LogP contribution in [0, 0.1) is 0 Å². The van der Waals surface area contributed by atoms with Crippen LogP contribution in [-0.2, 0) is 4.79 Å². The first-order valence-electron chi connectivity index (χ1n) is 8.56. The molecule has 0 aliphatic rings. The Labute approximate surface area is 166 Å². The number of hydrogen-bond acceptors (Lipinski definition) is 6. The van der Waals surface area contributed by atoms with Gasteiger partial charge in [0.15, 0.2) is 0 Å². The number of benzene rings is 1. The van der Waals surface area contributed by atoms with Crippen molar-refractivity contribution in [2.45, 2.75) is 39.1 Å². The molecule has 0 bridgehead atoms. The molecule has 10 heteroatoms. The van der Waals surface area contributed by atoms with E-state index < -0.39 is 12.1 Å². The smallest absolute Gasteiger partial charge is 0.490 e. The van der Waals surface area contributed by atoms with Crippen molar-refractivity contribution in [3.8, 4) is 23.1 Å². The van der Waals surface area contributed by atoms with Gasteiger partial charge in [0, 0.05) is 12.1 Å². The highest BCUT2D eigenvalue weighted by Gasteiger charge is 2.38. The second-order valence-corrected chi connectivity index (χ2v) is 6.16. The van der Waals surface area contributed by atoms with Gasteiger partial charge in [-0.15, -0.1) is 0 Å². The van der Waals surface area contributed by atoms with Gasteiger partial charge in [-0.05, 0) is 51.1 Å². The maximum atomic E-state index is 10.6. The van der Waals surface area contributed by atoms with Gasteiger partial charge in [0.05, 0.1) is 12.3 Å². The first-order valence-corrected chi connectivity index (χ1v) is 8.56. The summed E-state index contributed by atoms with van der Waals surface area (Å²) in [6, 6.07) is 11.0. The second-order valence-electron chi connectivity index (χ2n) is 6.16. The van der Waals surface area contributed by atoms with Crippen molar-refractivity contribution in [1.82, 2.24) is 4.98 Å². The number of hydrogen-bond donors (Lipinski definition) is 2. The molecule has 0 radical (unpaired) electrons. The van der Waals surface area contributed by atoms with Gasteiger partial charge >= 0.3 is 12.1 Å². The number of ether oxygens (including phenoxy) is 3. The lowest BCUT2D eigenvalue weighted by molar-refractivity contribution is -0.192. The number of nitrogens with zero attached hydrogens (tertiary/aromatic N) is 1. The van der Waals surface area contributed by atoms with Crippen LogP contribution in [-0.4, -0.2) is 41.0 Å². The molecule has 0 saturated carbocycles. The molecule has 29 heavy (non-hydrogen) atoms. The fourth-order valence-corrected chi connectivity index (χ4v) is 1.72. The molecule has 0 amide bonds. The lowest BCUT2D eigenvalue weighted by atomic mass is 10.3. The molecule has 2 aromatic rings. The molecule has 0 fully saturated rings. The molecular weight excluding hydrogens is 393 g/mol. The molecular formula is C19H23F3N2O5. The zero-order valence-electron chi connectivity index (χ0n) is 16.1. The van der Waals surface area contributed by atoms with Crippen molar-refractivity contribution in [2.24, 2.45) is 5.73 Å². The van der Waals surface area contributed by atoms with Crippen molar-refractivity contribution < 1.29 is 37.3 Å². The Morgan fingerprint density at radius 2 is 1.59 bits per heavy atom. The molecule has 1 unspecified atom stereocenters. The standard InChI is InChI=1S/C17H22N2O3.C2HF3O2/c1-12(2)21-16-8-9-17(19-10-16)22-15-6-4-14(5-7-15)20-11-13(3)18;3-2(4,5)1(6)7/h4-10,12-13H,11,18H2,1-3H3;(H,6,7). The summed E-state index contributed by atoms with van der Waals surface area (Å²) in [5, 5.41) is 7.12. The number of pyridine rings is 1. The number of aromatic nitrogens is 1. The van der Waals surface area contributed by atoms with Crippen molar-refractivity contribution in [3.05, 3.63) is 42.6 Å². The zero-order chi connectivity index (χ0) is 22.0. The number of halogens is 3. The lowest BCUT2D eigenvalue weighted by Gasteiger charge is -2.11. The molecule has 1 atom stereocenters. The average molecular weight is 416 g/mol. The summed E-state index contributed by atoms with van der Waals surface area (Å²) in [5.74, 6) is -0.0636. The fraction of sp³-hybridized carbons (Fsp3) is 0.368. The SMILES string of the molecule is CC(N)COc1ccc(Oc2ccc(OC(C)C)cn2)cc1.O=C(O)C(F)(F)F. The number of carbonyl (C=O) groups is 1. The molecule has 0 aliphatic carbocycles. The van der Waals surface area contributed by atoms with Crippen LogP contribution in [0.1, 0.15) is 20.8 Å². The normalized spacial score (nSPS) is 11.9. The van der Waals surface area contributed by atoms with Crippen molar-refractivity contribution in [3.63, 3.8) is 0 Å². The summed E-state index contributed by atoms with van der Waals surface area (Å²) >= 11 is 0. The van der Waals surface area contributed by atoms with E-state index in [9.17, 15) is 13.2 Å². The predicted octanol–water partition coefficient (Wildman–Crippen LogP) is 4.02. The van der Waals surface area contributed by atoms with E-state index >= 15 is 0 Å². The van der Waals surface area contributed by atoms with Crippen molar-refractivity contribution in [1.29, 1.82) is 0 Å². The summed E-state index contributed by atoms with van der Waals surface area (Å²) in [6.45, 7) is 6.33. The van der Waals surface area contributed by atoms with Crippen LogP contribution in [0.5, 0.6) is 23.1 Å². The molecule has 0 saturated heterocycles. The van der Waals surface area contributed by atoms with Crippen LogP contribution in [0.25, 0.3) is 0 Å². The molecule has 3 N–H and O–H groups in total. The van der Waals surface area contributed by atoms with Crippen LogP contribution in [0.4, 0.5) is 13.2 Å². The van der Waals surface area contributed by atoms with E-state index in [-0.39, 0.29) is 12.1 Å². The minimum absolute atomic E-state index is 0.00620. The number of carboxylic acid groups (broad SMARTS) is 1. The Morgan fingerprint density at radius 1 is 1.07 bits per heavy atom. The van der Waals surface area contributed by atoms with E-state index in [4.69, 9.17) is 29.8 Å². The zero-order valence-corrected chi connectivity index (χ0v) is 16.1. The van der Waals surface area contributed by atoms with Gasteiger partial charge in [0.2, 0.25) is 5.88 Å². The maximum absolute atomic E-state index is 10.6. The third-order valence-electron chi connectivity index (χ3n) is 2.88. The highest BCUT2D eigenvalue weighted by Crippen LogP contribution is 2.24. The third kappa shape index (κ3) is 10.2. The number of alkyl halides is 3. The van der Waals surface area contributed by atoms with Gasteiger partial charge in [-0.1, -0.05) is 0 Å². The maximum Gasteiger partial charge on any atom is 0.490 e. The second kappa shape index (κ2) is 11.1. The van der Waals surface area contributed by atoms with Gasteiger partial charge in [-0.2, -0.15) is 13.2 Å². The van der Waals surface area contributed by atoms with Crippen LogP contribution in [0.3, 0.4) is 0 Å². The average Bonchev–Trinajstić information content (AvgIpc) is 2.62. The number of aliphatic carboxylic acids is 1. The Hall–Kier alpha value is -3.01. The summed E-state index contributed by atoms with van der Waals surface area (Å²) < 4.78 is 48.5. The van der Waals surface area contributed by atoms with E-state index in [2.05, 4.69) is 4.98 Å². The Morgan fingerprint density at radius 3 is 2.00 bits per heavy atom. The fourth-order valence-electron chi connectivity index (χ4n) is 1.72. The van der Waals surface area contributed by atoms with E-state index in [1.54, 1.807) is 12.3 Å². The molecule has 7 nitrogen and oxygen atoms in total. The first-order chi connectivity index (χ1) is 13.5. The monoisotopic (exact) mass is 416 g/mol. The lowest BCUT2D eigenvalue weighted by Crippen LogP contribution is -2.23. The summed E-state index contributed by atoms with van der Waals surface area (Å²) in [7, 11) is 0. The van der Waals surface area contributed by atoms with Gasteiger partial charge in [-0.3, -0.25) is 0 Å². The Kier molecular flexibility index (Phi) is 9.20. The van der Waals surface area contributed by atoms with Gasteiger partial charge < -0.3 is 25.1 Å². The summed E-state index contributed by atoms with van der Waals surface area (Å²) in [4.78, 5) is 13.1. The topological polar surface area (TPSA) is 104 Å². The molecule has 0 spiro atoms. The van der Waals surface area contributed by atoms with Crippen LogP contribution >= 0.6 is 0 Å². The van der Waals surface area contributed by atoms with E-state index in [0.717, 1.165) is 11.5 Å². The first kappa shape index (κ1) is 24.0. The Balaban J connectivity index is 0.000000516. The van der Waals surface area contributed by atoms with Crippen LogP contribution in [0.15, 0.2) is 42.6 Å². The van der Waals surface area contributed by atoms with Crippen LogP contribution in [0.2, 0.25) is 0 Å². The molecule has 2 rings (SSSR count). The molecule has 1 heterocycles. The minimum atomic E-state index is -5.08. The molecule has 160 valence electrons. The highest BCUT2D eigenvalue weighted by atomic mass is 19.4. The molecule has 1 aromatic carbocycles. The Bertz CT molecular complexity index is 748. The van der Waals surface area contributed by atoms with Crippen LogP contribution < -0.4 is 19.9 Å². The summed E-state index contributed by atoms with van der Waals surface area (Å²) in [6.07, 6.45) is -3.31. The van der Waals surface area contributed by atoms with Crippen molar-refractivity contribution in [2.75, 3.05) is 6.61 Å². The van der Waals surface area contributed by atoms with E-state index in [1.807, 2.05) is 51.1 Å². The number of nitrogens with two attached hydrogens (primary N) is 1. The highest BCUT2D eigenvalue weighted by molar-refractivity contribution is 5.73. The molecule has 1 aromatic heterocycles. The van der Waals surface area contributed by atoms with Crippen molar-refractivity contribution >= 4 is 5.97 Å². The minimum Gasteiger partial charge on any atom is -0.492 e. The van der Waals surface area contributed by atoms with Gasteiger partial charge in [-0.25, -0.2) is 9.78 Å². The van der Waals surface area contributed by atoms with E-state index in [1.165, 1.54) is 0 Å².